The smallest absolute Gasteiger partial charge is 0.870 e. The molecule has 0 fully saturated rings. The van der Waals surface area contributed by atoms with Gasteiger partial charge in [0.15, 0.2) is 0 Å². The first-order valence-corrected chi connectivity index (χ1v) is 12.8. The number of aryl methyl sites for hydroxylation is 1. The Morgan fingerprint density at radius 1 is 1.05 bits per heavy atom. The summed E-state index contributed by atoms with van der Waals surface area (Å²) in [6, 6.07) is 15.2. The van der Waals surface area contributed by atoms with E-state index in [1.54, 1.807) is 49.4 Å². The molecular formula is C25H18Cl2N3NaO6S. The first-order chi connectivity index (χ1) is 17.5. The van der Waals surface area contributed by atoms with Gasteiger partial charge in [0.05, 0.1) is 18.5 Å². The number of amides is 1. The molecule has 9 nitrogen and oxygen atoms in total. The summed E-state index contributed by atoms with van der Waals surface area (Å²) in [4.78, 5) is 12.5. The molecule has 0 bridgehead atoms. The van der Waals surface area contributed by atoms with Gasteiger partial charge in [0, 0.05) is 16.0 Å². The molecule has 0 radical (unpaired) electrons. The topological polar surface area (TPSA) is 140 Å². The van der Waals surface area contributed by atoms with Gasteiger partial charge in [0.25, 0.3) is 16.0 Å². The number of ether oxygens (including phenoxy) is 1. The van der Waals surface area contributed by atoms with E-state index in [1.807, 2.05) is 0 Å². The minimum Gasteiger partial charge on any atom is -0.870 e. The van der Waals surface area contributed by atoms with Crippen molar-refractivity contribution in [2.45, 2.75) is 11.8 Å². The van der Waals surface area contributed by atoms with Crippen LogP contribution in [0.25, 0.3) is 10.8 Å². The van der Waals surface area contributed by atoms with E-state index in [4.69, 9.17) is 27.9 Å². The molecule has 4 aromatic carbocycles. The maximum atomic E-state index is 13.4. The van der Waals surface area contributed by atoms with Crippen molar-refractivity contribution in [3.05, 3.63) is 81.8 Å². The minimum atomic E-state index is -4.70. The summed E-state index contributed by atoms with van der Waals surface area (Å²) in [7, 11) is -3.27. The van der Waals surface area contributed by atoms with Crippen LogP contribution in [0.1, 0.15) is 15.9 Å². The zero-order valence-corrected chi connectivity index (χ0v) is 24.6. The number of hydrogen-bond donors (Lipinski definition) is 2. The van der Waals surface area contributed by atoms with Crippen molar-refractivity contribution >= 4 is 67.1 Å². The van der Waals surface area contributed by atoms with E-state index in [0.717, 1.165) is 6.07 Å². The van der Waals surface area contributed by atoms with Crippen LogP contribution in [0.3, 0.4) is 0 Å². The van der Waals surface area contributed by atoms with Crippen LogP contribution in [-0.2, 0) is 10.1 Å². The number of carbonyl (C=O) groups is 1. The second kappa shape index (κ2) is 12.0. The number of azo groups is 1. The molecule has 0 unspecified atom stereocenters. The van der Waals surface area contributed by atoms with Crippen molar-refractivity contribution in [1.82, 2.24) is 0 Å². The average Bonchev–Trinajstić information content (AvgIpc) is 2.85. The van der Waals surface area contributed by atoms with Gasteiger partial charge in [-0.25, -0.2) is 0 Å². The Bertz CT molecular complexity index is 1700. The molecule has 4 aromatic rings. The fourth-order valence-corrected chi connectivity index (χ4v) is 4.68. The second-order valence-corrected chi connectivity index (χ2v) is 10.0. The van der Waals surface area contributed by atoms with E-state index < -0.39 is 26.7 Å². The van der Waals surface area contributed by atoms with Gasteiger partial charge in [-0.1, -0.05) is 59.3 Å². The number of hydrogen-bond acceptors (Lipinski definition) is 7. The van der Waals surface area contributed by atoms with Crippen LogP contribution in [0.5, 0.6) is 11.5 Å². The van der Waals surface area contributed by atoms with Gasteiger partial charge in [-0.05, 0) is 48.2 Å². The molecule has 13 heteroatoms. The molecule has 0 aliphatic carbocycles. The van der Waals surface area contributed by atoms with E-state index in [9.17, 15) is 22.9 Å². The van der Waals surface area contributed by atoms with Gasteiger partial charge < -0.3 is 15.2 Å². The molecule has 0 saturated carbocycles. The van der Waals surface area contributed by atoms with Crippen LogP contribution in [0.2, 0.25) is 10.0 Å². The Balaban J connectivity index is 0.00000400. The third kappa shape index (κ3) is 6.13. The minimum absolute atomic E-state index is 0. The Hall–Kier alpha value is -2.70. The molecule has 4 rings (SSSR count). The van der Waals surface area contributed by atoms with Gasteiger partial charge in [-0.15, -0.1) is 5.11 Å². The molecule has 0 aromatic heterocycles. The number of nitrogens with zero attached hydrogens (tertiary/aromatic N) is 2. The van der Waals surface area contributed by atoms with Crippen molar-refractivity contribution in [2.24, 2.45) is 10.2 Å². The quantitative estimate of drug-likeness (QED) is 0.203. The summed E-state index contributed by atoms with van der Waals surface area (Å²) in [6.07, 6.45) is 0. The summed E-state index contributed by atoms with van der Waals surface area (Å²) in [5, 5.41) is 25.1. The molecule has 190 valence electrons. The fourth-order valence-electron chi connectivity index (χ4n) is 3.57. The fraction of sp³-hybridized carbons (Fsp3) is 0.0800. The van der Waals surface area contributed by atoms with Gasteiger partial charge in [0.2, 0.25) is 0 Å². The zero-order chi connectivity index (χ0) is 26.9. The molecular weight excluding hydrogens is 564 g/mol. The Kier molecular flexibility index (Phi) is 9.43. The second-order valence-electron chi connectivity index (χ2n) is 7.84. The number of anilines is 1. The van der Waals surface area contributed by atoms with E-state index >= 15 is 0 Å². The number of nitrogens with one attached hydrogen (secondary N) is 1. The van der Waals surface area contributed by atoms with Crippen LogP contribution < -0.4 is 44.7 Å². The number of carbonyl (C=O) groups excluding carboxylic acids is 1. The van der Waals surface area contributed by atoms with Crippen molar-refractivity contribution in [2.75, 3.05) is 12.4 Å². The van der Waals surface area contributed by atoms with E-state index in [1.165, 1.54) is 19.2 Å². The summed E-state index contributed by atoms with van der Waals surface area (Å²) >= 11 is 12.3. The number of rotatable bonds is 6. The van der Waals surface area contributed by atoms with E-state index in [0.29, 0.717) is 22.1 Å². The largest absolute Gasteiger partial charge is 1.00 e. The monoisotopic (exact) mass is 581 g/mol. The molecule has 1 amide bonds. The van der Waals surface area contributed by atoms with Crippen molar-refractivity contribution in [3.8, 4) is 11.5 Å². The first-order valence-electron chi connectivity index (χ1n) is 10.6. The maximum absolute atomic E-state index is 13.4. The molecule has 0 heterocycles. The van der Waals surface area contributed by atoms with Crippen molar-refractivity contribution in [3.63, 3.8) is 0 Å². The number of benzene rings is 4. The third-order valence-electron chi connectivity index (χ3n) is 5.43. The average molecular weight is 582 g/mol. The predicted octanol–water partition coefficient (Wildman–Crippen LogP) is 3.46. The molecule has 0 aliphatic heterocycles. The van der Waals surface area contributed by atoms with Crippen LogP contribution in [0, 0.1) is 6.92 Å². The summed E-state index contributed by atoms with van der Waals surface area (Å²) < 4.78 is 38.5. The van der Waals surface area contributed by atoms with Crippen molar-refractivity contribution in [1.29, 1.82) is 0 Å². The SMILES string of the molecule is COc1cccc(NC(=O)c2cc3ccccc3c(N=Nc3cc(C)c(Cl)cc3S(=O)(=O)O)c2[O-])c1Cl.[Na+]. The van der Waals surface area contributed by atoms with Gasteiger partial charge >= 0.3 is 29.6 Å². The third-order valence-corrected chi connectivity index (χ3v) is 7.11. The number of halogens is 2. The van der Waals surface area contributed by atoms with Gasteiger partial charge in [-0.3, -0.25) is 9.35 Å². The van der Waals surface area contributed by atoms with Crippen LogP contribution in [-0.4, -0.2) is 26.0 Å². The predicted molar refractivity (Wildman–Crippen MR) is 140 cm³/mol. The Morgan fingerprint density at radius 3 is 2.45 bits per heavy atom. The summed E-state index contributed by atoms with van der Waals surface area (Å²) in [5.74, 6) is -1.16. The van der Waals surface area contributed by atoms with Crippen LogP contribution in [0.15, 0.2) is 75.8 Å². The van der Waals surface area contributed by atoms with Gasteiger partial charge in [-0.2, -0.15) is 13.5 Å². The maximum Gasteiger partial charge on any atom is 1.00 e. The normalized spacial score (nSPS) is 11.4. The molecule has 0 aliphatic rings. The van der Waals surface area contributed by atoms with Crippen LogP contribution in [0.4, 0.5) is 17.1 Å². The summed E-state index contributed by atoms with van der Waals surface area (Å²) in [5.41, 5.74) is 0.0308. The number of fused-ring (bicyclic) bond motifs is 1. The molecule has 0 saturated heterocycles. The Labute approximate surface area is 250 Å². The zero-order valence-electron chi connectivity index (χ0n) is 20.3. The molecule has 2 N–H and O–H groups in total. The summed E-state index contributed by atoms with van der Waals surface area (Å²) in [6.45, 7) is 1.61. The molecule has 0 atom stereocenters. The standard InChI is InChI=1S/C25H19Cl2N3O6S.Na/c1-13-10-19(21(12-17(13)26)37(33,34)35)29-30-23-15-7-4-3-6-14(15)11-16(24(23)31)25(32)28-18-8-5-9-20(36-2)22(18)27;/h3-12,31H,1-2H3,(H,28,32)(H,33,34,35);/q;+1/p-1. The van der Waals surface area contributed by atoms with Crippen LogP contribution >= 0.6 is 23.2 Å². The molecule has 38 heavy (non-hydrogen) atoms. The van der Waals surface area contributed by atoms with Gasteiger partial charge in [0.1, 0.15) is 21.4 Å². The Morgan fingerprint density at radius 2 is 1.76 bits per heavy atom. The van der Waals surface area contributed by atoms with E-state index in [-0.39, 0.29) is 62.2 Å². The molecule has 0 spiro atoms. The van der Waals surface area contributed by atoms with E-state index in [2.05, 4.69) is 15.5 Å². The number of methoxy groups -OCH3 is 1. The first kappa shape index (κ1) is 29.9. The van der Waals surface area contributed by atoms with Crippen molar-refractivity contribution < 1.29 is 57.2 Å².